The predicted octanol–water partition coefficient (Wildman–Crippen LogP) is 1.32. The van der Waals surface area contributed by atoms with Crippen LogP contribution in [0.2, 0.25) is 0 Å². The maximum atomic E-state index is 10.9. The summed E-state index contributed by atoms with van der Waals surface area (Å²) in [5, 5.41) is 3.66. The summed E-state index contributed by atoms with van der Waals surface area (Å²) in [5.74, 6) is 0.117. The number of ether oxygens (including phenoxy) is 1. The van der Waals surface area contributed by atoms with E-state index in [0.717, 1.165) is 31.5 Å². The smallest absolute Gasteiger partial charge is 0.169 e. The predicted molar refractivity (Wildman–Crippen MR) is 106 cm³/mol. The summed E-state index contributed by atoms with van der Waals surface area (Å²) in [5.41, 5.74) is 6.84. The van der Waals surface area contributed by atoms with Crippen LogP contribution in [0.3, 0.4) is 0 Å². The van der Waals surface area contributed by atoms with Gasteiger partial charge in [-0.25, -0.2) is 0 Å². The first-order chi connectivity index (χ1) is 12.9. The zero-order chi connectivity index (χ0) is 19.9. The number of nitrogens with one attached hydrogen (secondary N) is 1. The zero-order valence-electron chi connectivity index (χ0n) is 16.4. The number of carbonyl (C=O) groups excluding carboxylic acids is 2. The fourth-order valence-corrected chi connectivity index (χ4v) is 3.31. The lowest BCUT2D eigenvalue weighted by atomic mass is 9.87. The van der Waals surface area contributed by atoms with Gasteiger partial charge in [-0.05, 0) is 39.8 Å². The van der Waals surface area contributed by atoms with Crippen molar-refractivity contribution in [3.8, 4) is 0 Å². The molecule has 0 saturated carbocycles. The Morgan fingerprint density at radius 1 is 1.48 bits per heavy atom. The first-order valence-electron chi connectivity index (χ1n) is 9.25. The minimum atomic E-state index is -0.172. The summed E-state index contributed by atoms with van der Waals surface area (Å²) in [4.78, 5) is 28.2. The highest BCUT2D eigenvalue weighted by atomic mass is 16.5. The Bertz CT molecular complexity index is 664. The SMILES string of the molecule is CN1CCC(NC2=CC=CC(N=C/C(OCC=O)=C(\N)C=O)C2)CC1(C)C. The summed E-state index contributed by atoms with van der Waals surface area (Å²) in [6.07, 6.45) is 11.5. The van der Waals surface area contributed by atoms with Gasteiger partial charge in [0.25, 0.3) is 0 Å². The van der Waals surface area contributed by atoms with E-state index >= 15 is 0 Å². The van der Waals surface area contributed by atoms with E-state index in [4.69, 9.17) is 10.5 Å². The number of likely N-dealkylation sites (tertiary alicyclic amines) is 1. The Kier molecular flexibility index (Phi) is 7.36. The molecule has 0 spiro atoms. The first kappa shape index (κ1) is 20.9. The van der Waals surface area contributed by atoms with Crippen molar-refractivity contribution < 1.29 is 14.3 Å². The van der Waals surface area contributed by atoms with Gasteiger partial charge in [-0.2, -0.15) is 0 Å². The molecule has 1 fully saturated rings. The number of carbonyl (C=O) groups is 2. The molecule has 0 aromatic carbocycles. The van der Waals surface area contributed by atoms with E-state index in [-0.39, 0.29) is 29.6 Å². The highest BCUT2D eigenvalue weighted by Gasteiger charge is 2.32. The molecule has 1 heterocycles. The Morgan fingerprint density at radius 3 is 2.93 bits per heavy atom. The number of hydrogen-bond acceptors (Lipinski definition) is 7. The highest BCUT2D eigenvalue weighted by Crippen LogP contribution is 2.27. The van der Waals surface area contributed by atoms with Crippen molar-refractivity contribution in [3.63, 3.8) is 0 Å². The topological polar surface area (TPSA) is 97.0 Å². The lowest BCUT2D eigenvalue weighted by Crippen LogP contribution is -2.52. The van der Waals surface area contributed by atoms with Gasteiger partial charge in [-0.15, -0.1) is 0 Å². The lowest BCUT2D eigenvalue weighted by molar-refractivity contribution is -0.111. The van der Waals surface area contributed by atoms with Crippen LogP contribution in [0.25, 0.3) is 0 Å². The minimum absolute atomic E-state index is 0.0777. The van der Waals surface area contributed by atoms with Crippen molar-refractivity contribution in [2.45, 2.75) is 50.7 Å². The second kappa shape index (κ2) is 9.50. The molecule has 0 radical (unpaired) electrons. The number of aliphatic imine (C=N–C) groups is 1. The van der Waals surface area contributed by atoms with E-state index in [2.05, 4.69) is 42.2 Å². The van der Waals surface area contributed by atoms with Crippen molar-refractivity contribution >= 4 is 18.8 Å². The van der Waals surface area contributed by atoms with Gasteiger partial charge in [-0.1, -0.05) is 12.2 Å². The molecule has 0 amide bonds. The fraction of sp³-hybridized carbons (Fsp3) is 0.550. The van der Waals surface area contributed by atoms with Crippen molar-refractivity contribution in [2.75, 3.05) is 20.2 Å². The summed E-state index contributed by atoms with van der Waals surface area (Å²) < 4.78 is 5.16. The molecule has 2 aliphatic rings. The zero-order valence-corrected chi connectivity index (χ0v) is 16.4. The third-order valence-electron chi connectivity index (χ3n) is 5.14. The van der Waals surface area contributed by atoms with Gasteiger partial charge in [0, 0.05) is 30.2 Å². The minimum Gasteiger partial charge on any atom is -0.482 e. The van der Waals surface area contributed by atoms with E-state index < -0.39 is 0 Å². The van der Waals surface area contributed by atoms with Gasteiger partial charge in [0.05, 0.1) is 12.3 Å². The third kappa shape index (κ3) is 6.06. The van der Waals surface area contributed by atoms with Crippen LogP contribution in [0.5, 0.6) is 0 Å². The third-order valence-corrected chi connectivity index (χ3v) is 5.14. The first-order valence-corrected chi connectivity index (χ1v) is 9.25. The van der Waals surface area contributed by atoms with Gasteiger partial charge in [0.2, 0.25) is 0 Å². The van der Waals surface area contributed by atoms with Crippen LogP contribution in [0.4, 0.5) is 0 Å². The van der Waals surface area contributed by atoms with E-state index in [1.54, 1.807) is 0 Å². The fourth-order valence-electron chi connectivity index (χ4n) is 3.31. The maximum absolute atomic E-state index is 10.9. The van der Waals surface area contributed by atoms with Gasteiger partial charge >= 0.3 is 0 Å². The van der Waals surface area contributed by atoms with Crippen LogP contribution >= 0.6 is 0 Å². The van der Waals surface area contributed by atoms with Gasteiger partial charge in [0.1, 0.15) is 12.3 Å². The standard InChI is InChI=1S/C20H30N4O3/c1-20(2)12-17(7-8-24(20)3)23-16-6-4-5-15(11-16)22-13-19(18(21)14-26)27-10-9-25/h4-6,9,13-15,17,23H,7-8,10-12,21H2,1-3H3/b19-18+,22-13?. The summed E-state index contributed by atoms with van der Waals surface area (Å²) in [6, 6.07) is 0.363. The normalized spacial score (nSPS) is 26.3. The van der Waals surface area contributed by atoms with E-state index in [1.807, 2.05) is 12.2 Å². The average molecular weight is 374 g/mol. The molecule has 3 N–H and O–H groups in total. The Morgan fingerprint density at radius 2 is 2.26 bits per heavy atom. The number of piperidine rings is 1. The highest BCUT2D eigenvalue weighted by molar-refractivity contribution is 5.86. The van der Waals surface area contributed by atoms with Crippen LogP contribution in [0, 0.1) is 0 Å². The number of hydrogen-bond donors (Lipinski definition) is 2. The lowest BCUT2D eigenvalue weighted by Gasteiger charge is -2.44. The Balaban J connectivity index is 1.95. The molecule has 1 aliphatic carbocycles. The molecule has 0 aromatic heterocycles. The number of nitrogens with two attached hydrogens (primary N) is 1. The monoisotopic (exact) mass is 374 g/mol. The maximum Gasteiger partial charge on any atom is 0.169 e. The second-order valence-corrected chi connectivity index (χ2v) is 7.61. The molecule has 1 saturated heterocycles. The largest absolute Gasteiger partial charge is 0.482 e. The van der Waals surface area contributed by atoms with E-state index in [9.17, 15) is 9.59 Å². The molecule has 148 valence electrons. The van der Waals surface area contributed by atoms with Crippen molar-refractivity contribution in [1.29, 1.82) is 0 Å². The van der Waals surface area contributed by atoms with Crippen molar-refractivity contribution in [3.05, 3.63) is 35.4 Å². The number of rotatable bonds is 8. The van der Waals surface area contributed by atoms with E-state index in [0.29, 0.717) is 18.6 Å². The molecule has 2 atom stereocenters. The van der Waals surface area contributed by atoms with E-state index in [1.165, 1.54) is 6.21 Å². The molecule has 7 nitrogen and oxygen atoms in total. The number of aldehydes is 2. The molecular weight excluding hydrogens is 344 g/mol. The molecule has 1 aliphatic heterocycles. The average Bonchev–Trinajstić information content (AvgIpc) is 2.64. The van der Waals surface area contributed by atoms with Crippen LogP contribution in [0.15, 0.2) is 40.4 Å². The molecule has 2 unspecified atom stereocenters. The van der Waals surface area contributed by atoms with Crippen LogP contribution in [-0.2, 0) is 14.3 Å². The Labute approximate surface area is 161 Å². The van der Waals surface area contributed by atoms with Gasteiger partial charge in [-0.3, -0.25) is 14.6 Å². The van der Waals surface area contributed by atoms with Crippen molar-refractivity contribution in [1.82, 2.24) is 10.2 Å². The Hall–Kier alpha value is -2.41. The molecule has 7 heteroatoms. The number of nitrogens with zero attached hydrogens (tertiary/aromatic N) is 2. The van der Waals surface area contributed by atoms with Gasteiger partial charge < -0.3 is 20.7 Å². The van der Waals surface area contributed by atoms with Crippen LogP contribution in [0.1, 0.15) is 33.1 Å². The van der Waals surface area contributed by atoms with Crippen LogP contribution in [-0.4, -0.2) is 61.5 Å². The molecule has 27 heavy (non-hydrogen) atoms. The molecule has 0 aromatic rings. The van der Waals surface area contributed by atoms with Gasteiger partial charge in [0.15, 0.2) is 18.3 Å². The molecule has 2 rings (SSSR count). The summed E-state index contributed by atoms with van der Waals surface area (Å²) in [6.45, 7) is 5.44. The van der Waals surface area contributed by atoms with Crippen LogP contribution < -0.4 is 11.1 Å². The van der Waals surface area contributed by atoms with Crippen molar-refractivity contribution in [2.24, 2.45) is 10.7 Å². The molecular formula is C20H30N4O3. The molecule has 0 bridgehead atoms. The number of allylic oxidation sites excluding steroid dienone is 4. The summed E-state index contributed by atoms with van der Waals surface area (Å²) >= 11 is 0. The summed E-state index contributed by atoms with van der Waals surface area (Å²) in [7, 11) is 2.17. The quantitative estimate of drug-likeness (QED) is 0.288. The second-order valence-electron chi connectivity index (χ2n) is 7.61.